The lowest BCUT2D eigenvalue weighted by molar-refractivity contribution is 0.135. The molecule has 178 valence electrons. The fourth-order valence-electron chi connectivity index (χ4n) is 4.77. The molecular formula is C28H56N2. The van der Waals surface area contributed by atoms with Gasteiger partial charge in [0.2, 0.25) is 0 Å². The van der Waals surface area contributed by atoms with Gasteiger partial charge < -0.3 is 9.80 Å². The third-order valence-electron chi connectivity index (χ3n) is 6.82. The summed E-state index contributed by atoms with van der Waals surface area (Å²) in [4.78, 5) is 5.31. The van der Waals surface area contributed by atoms with Crippen LogP contribution in [0.3, 0.4) is 0 Å². The molecule has 1 atom stereocenters. The Kier molecular flexibility index (Phi) is 18.5. The Morgan fingerprint density at radius 3 is 1.23 bits per heavy atom. The van der Waals surface area contributed by atoms with E-state index in [2.05, 4.69) is 43.0 Å². The molecule has 0 aromatic carbocycles. The zero-order chi connectivity index (χ0) is 21.7. The number of unbranched alkanes of at least 4 members (excludes halogenated alkanes) is 16. The van der Waals surface area contributed by atoms with E-state index in [1.165, 1.54) is 142 Å². The molecule has 0 saturated carbocycles. The monoisotopic (exact) mass is 420 g/mol. The fraction of sp³-hybridized carbons (Fsp3) is 0.929. The third-order valence-corrected chi connectivity index (χ3v) is 6.82. The Hall–Kier alpha value is -0.660. The molecule has 0 spiro atoms. The van der Waals surface area contributed by atoms with E-state index in [-0.39, 0.29) is 0 Å². The molecule has 2 heteroatoms. The molecule has 0 radical (unpaired) electrons. The Bertz CT molecular complexity index is 379. The van der Waals surface area contributed by atoms with Gasteiger partial charge in [-0.3, -0.25) is 0 Å². The van der Waals surface area contributed by atoms with Gasteiger partial charge in [0.25, 0.3) is 0 Å². The molecule has 1 rings (SSSR count). The minimum Gasteiger partial charge on any atom is -0.356 e. The zero-order valence-corrected chi connectivity index (χ0v) is 21.2. The predicted octanol–water partition coefficient (Wildman–Crippen LogP) is 9.26. The van der Waals surface area contributed by atoms with Crippen molar-refractivity contribution in [3.8, 4) is 0 Å². The van der Waals surface area contributed by atoms with Crippen LogP contribution in [0.1, 0.15) is 149 Å². The Morgan fingerprint density at radius 1 is 0.433 bits per heavy atom. The summed E-state index contributed by atoms with van der Waals surface area (Å²) >= 11 is 0. The predicted molar refractivity (Wildman–Crippen MR) is 136 cm³/mol. The first-order chi connectivity index (χ1) is 14.8. The van der Waals surface area contributed by atoms with E-state index >= 15 is 0 Å². The van der Waals surface area contributed by atoms with Crippen LogP contribution in [0.5, 0.6) is 0 Å². The molecule has 2 nitrogen and oxygen atoms in total. The molecule has 1 unspecified atom stereocenters. The summed E-state index contributed by atoms with van der Waals surface area (Å²) in [7, 11) is 0. The van der Waals surface area contributed by atoms with E-state index in [4.69, 9.17) is 0 Å². The lowest BCUT2D eigenvalue weighted by Crippen LogP contribution is -2.39. The van der Waals surface area contributed by atoms with Gasteiger partial charge in [0.15, 0.2) is 0 Å². The molecule has 0 saturated heterocycles. The van der Waals surface area contributed by atoms with Crippen LogP contribution in [-0.4, -0.2) is 29.1 Å². The molecule has 0 fully saturated rings. The molecule has 0 aromatic rings. The molecule has 0 amide bonds. The molecule has 0 bridgehead atoms. The molecule has 0 aliphatic carbocycles. The van der Waals surface area contributed by atoms with Gasteiger partial charge in [-0.1, -0.05) is 124 Å². The normalized spacial score (nSPS) is 16.2. The minimum atomic E-state index is 0.645. The van der Waals surface area contributed by atoms with Crippen molar-refractivity contribution in [2.45, 2.75) is 155 Å². The van der Waals surface area contributed by atoms with Crippen LogP contribution in [-0.2, 0) is 0 Å². The molecule has 1 aliphatic rings. The lowest BCUT2D eigenvalue weighted by Gasteiger charge is -2.33. The van der Waals surface area contributed by atoms with Crippen molar-refractivity contribution in [2.75, 3.05) is 13.1 Å². The average Bonchev–Trinajstić information content (AvgIpc) is 3.13. The molecule has 1 heterocycles. The van der Waals surface area contributed by atoms with Crippen LogP contribution < -0.4 is 0 Å². The van der Waals surface area contributed by atoms with Gasteiger partial charge in [-0.15, -0.1) is 0 Å². The summed E-state index contributed by atoms with van der Waals surface area (Å²) in [5.74, 6) is 0. The van der Waals surface area contributed by atoms with E-state index < -0.39 is 0 Å². The quantitative estimate of drug-likeness (QED) is 0.161. The summed E-state index contributed by atoms with van der Waals surface area (Å²) in [5, 5.41) is 0. The molecule has 1 aliphatic heterocycles. The van der Waals surface area contributed by atoms with Crippen LogP contribution in [0, 0.1) is 0 Å². The second-order valence-corrected chi connectivity index (χ2v) is 9.70. The number of hydrogen-bond acceptors (Lipinski definition) is 2. The summed E-state index contributed by atoms with van der Waals surface area (Å²) < 4.78 is 0. The van der Waals surface area contributed by atoms with Crippen LogP contribution in [0.15, 0.2) is 12.4 Å². The van der Waals surface area contributed by atoms with E-state index in [1.807, 2.05) is 0 Å². The van der Waals surface area contributed by atoms with Crippen LogP contribution >= 0.6 is 0 Å². The van der Waals surface area contributed by atoms with Gasteiger partial charge in [-0.2, -0.15) is 0 Å². The number of nitrogens with zero attached hydrogens (tertiary/aromatic N) is 2. The second kappa shape index (κ2) is 20.3. The Labute approximate surface area is 190 Å². The Balaban J connectivity index is 2.18. The smallest absolute Gasteiger partial charge is 0.101 e. The highest BCUT2D eigenvalue weighted by atomic mass is 15.4. The Morgan fingerprint density at radius 2 is 0.767 bits per heavy atom. The maximum Gasteiger partial charge on any atom is 0.101 e. The summed E-state index contributed by atoms with van der Waals surface area (Å²) in [6.07, 6.45) is 33.6. The van der Waals surface area contributed by atoms with Gasteiger partial charge in [-0.25, -0.2) is 0 Å². The fourth-order valence-corrected chi connectivity index (χ4v) is 4.77. The SMILES string of the molecule is CCCCCCCCCCCCCC1N(CCCCC)C=CN1CCCCCCC. The van der Waals surface area contributed by atoms with Crippen LogP contribution in [0.4, 0.5) is 0 Å². The van der Waals surface area contributed by atoms with Crippen molar-refractivity contribution in [1.82, 2.24) is 9.80 Å². The standard InChI is InChI=1S/C28H56N2/c1-4-7-10-12-13-14-15-16-17-18-20-23-28-29(24-21-9-6-3)26-27-30(28)25-22-19-11-8-5-2/h26-28H,4-25H2,1-3H3. The maximum atomic E-state index is 2.66. The second-order valence-electron chi connectivity index (χ2n) is 9.70. The van der Waals surface area contributed by atoms with Crippen molar-refractivity contribution >= 4 is 0 Å². The highest BCUT2D eigenvalue weighted by Gasteiger charge is 2.24. The lowest BCUT2D eigenvalue weighted by atomic mass is 10.0. The first kappa shape index (κ1) is 27.4. The van der Waals surface area contributed by atoms with Crippen molar-refractivity contribution in [2.24, 2.45) is 0 Å². The molecular weight excluding hydrogens is 364 g/mol. The first-order valence-corrected chi connectivity index (χ1v) is 14.0. The maximum absolute atomic E-state index is 2.66. The van der Waals surface area contributed by atoms with E-state index in [1.54, 1.807) is 0 Å². The van der Waals surface area contributed by atoms with Gasteiger partial charge >= 0.3 is 0 Å². The summed E-state index contributed by atoms with van der Waals surface area (Å²) in [6.45, 7) is 9.43. The first-order valence-electron chi connectivity index (χ1n) is 14.0. The molecule has 0 N–H and O–H groups in total. The van der Waals surface area contributed by atoms with E-state index in [0.29, 0.717) is 6.17 Å². The highest BCUT2D eigenvalue weighted by molar-refractivity contribution is 4.96. The summed E-state index contributed by atoms with van der Waals surface area (Å²) in [6, 6.07) is 0. The van der Waals surface area contributed by atoms with Gasteiger partial charge in [0.05, 0.1) is 0 Å². The van der Waals surface area contributed by atoms with Crippen molar-refractivity contribution in [3.05, 3.63) is 12.4 Å². The van der Waals surface area contributed by atoms with Gasteiger partial charge in [-0.05, 0) is 25.7 Å². The highest BCUT2D eigenvalue weighted by Crippen LogP contribution is 2.23. The molecule has 30 heavy (non-hydrogen) atoms. The van der Waals surface area contributed by atoms with E-state index in [9.17, 15) is 0 Å². The van der Waals surface area contributed by atoms with Crippen molar-refractivity contribution in [3.63, 3.8) is 0 Å². The minimum absolute atomic E-state index is 0.645. The summed E-state index contributed by atoms with van der Waals surface area (Å²) in [5.41, 5.74) is 0. The van der Waals surface area contributed by atoms with Crippen molar-refractivity contribution in [1.29, 1.82) is 0 Å². The third kappa shape index (κ3) is 13.6. The zero-order valence-electron chi connectivity index (χ0n) is 21.2. The topological polar surface area (TPSA) is 6.48 Å². The number of hydrogen-bond donors (Lipinski definition) is 0. The van der Waals surface area contributed by atoms with Gasteiger partial charge in [0.1, 0.15) is 6.17 Å². The largest absolute Gasteiger partial charge is 0.356 e. The average molecular weight is 421 g/mol. The van der Waals surface area contributed by atoms with Crippen molar-refractivity contribution < 1.29 is 0 Å². The van der Waals surface area contributed by atoms with Crippen LogP contribution in [0.2, 0.25) is 0 Å². The molecule has 0 aromatic heterocycles. The van der Waals surface area contributed by atoms with Crippen LogP contribution in [0.25, 0.3) is 0 Å². The van der Waals surface area contributed by atoms with Gasteiger partial charge in [0, 0.05) is 25.5 Å². The van der Waals surface area contributed by atoms with E-state index in [0.717, 1.165) is 0 Å². The number of rotatable bonds is 22.